The molecule has 0 heterocycles. The molecule has 2 rings (SSSR count). The van der Waals surface area contributed by atoms with E-state index in [4.69, 9.17) is 0 Å². The van der Waals surface area contributed by atoms with Crippen molar-refractivity contribution in [3.05, 3.63) is 35.4 Å². The molecule has 0 amide bonds. The first-order chi connectivity index (χ1) is 6.11. The third kappa shape index (κ3) is 1.59. The van der Waals surface area contributed by atoms with Gasteiger partial charge in [-0.2, -0.15) is 0 Å². The predicted molar refractivity (Wildman–Crippen MR) is 59.7 cm³/mol. The molecule has 0 bridgehead atoms. The van der Waals surface area contributed by atoms with Crippen molar-refractivity contribution >= 4 is 37.6 Å². The second-order valence-electron chi connectivity index (χ2n) is 3.19. The van der Waals surface area contributed by atoms with E-state index in [1.54, 1.807) is 0 Å². The number of Topliss-reactive ketones (excluding diaryl/α,β-unsaturated/α-hetero) is 1. The van der Waals surface area contributed by atoms with Crippen LogP contribution in [0.4, 0.5) is 0 Å². The van der Waals surface area contributed by atoms with Crippen molar-refractivity contribution in [1.82, 2.24) is 0 Å². The van der Waals surface area contributed by atoms with Crippen LogP contribution in [0.25, 0.3) is 0 Å². The summed E-state index contributed by atoms with van der Waals surface area (Å²) in [5.74, 6) is 0.134. The standard InChI is InChI=1S/C10H8Br2O/c11-10(12)6-5-7-3-1-2-4-8(7)9(10)13/h1-4H,5-6H2. The van der Waals surface area contributed by atoms with Crippen LogP contribution in [0, 0.1) is 0 Å². The van der Waals surface area contributed by atoms with Crippen LogP contribution >= 0.6 is 31.9 Å². The summed E-state index contributed by atoms with van der Waals surface area (Å²) >= 11 is 6.79. The number of alkyl halides is 2. The van der Waals surface area contributed by atoms with Gasteiger partial charge < -0.3 is 0 Å². The highest BCUT2D eigenvalue weighted by molar-refractivity contribution is 9.26. The van der Waals surface area contributed by atoms with Crippen molar-refractivity contribution in [3.8, 4) is 0 Å². The smallest absolute Gasteiger partial charge is 0.190 e. The van der Waals surface area contributed by atoms with Crippen LogP contribution in [0.1, 0.15) is 22.3 Å². The molecule has 0 saturated heterocycles. The highest BCUT2D eigenvalue weighted by Crippen LogP contribution is 2.39. The van der Waals surface area contributed by atoms with Gasteiger partial charge in [-0.3, -0.25) is 4.79 Å². The molecule has 1 aromatic carbocycles. The van der Waals surface area contributed by atoms with E-state index in [-0.39, 0.29) is 5.78 Å². The molecule has 0 radical (unpaired) electrons. The van der Waals surface area contributed by atoms with E-state index in [2.05, 4.69) is 31.9 Å². The quantitative estimate of drug-likeness (QED) is 0.672. The fourth-order valence-corrected chi connectivity index (χ4v) is 2.39. The molecule has 3 heteroatoms. The van der Waals surface area contributed by atoms with E-state index >= 15 is 0 Å². The lowest BCUT2D eigenvalue weighted by Gasteiger charge is -2.25. The van der Waals surface area contributed by atoms with Crippen LogP contribution in [0.15, 0.2) is 24.3 Å². The molecular weight excluding hydrogens is 296 g/mol. The number of ketones is 1. The minimum atomic E-state index is -0.533. The molecule has 13 heavy (non-hydrogen) atoms. The van der Waals surface area contributed by atoms with Crippen molar-refractivity contribution < 1.29 is 4.79 Å². The van der Waals surface area contributed by atoms with E-state index in [1.807, 2.05) is 24.3 Å². The maximum absolute atomic E-state index is 11.8. The molecule has 1 aliphatic carbocycles. The lowest BCUT2D eigenvalue weighted by Crippen LogP contribution is -2.30. The van der Waals surface area contributed by atoms with Gasteiger partial charge in [-0.1, -0.05) is 56.1 Å². The molecule has 0 atom stereocenters. The summed E-state index contributed by atoms with van der Waals surface area (Å²) in [6, 6.07) is 7.77. The number of carbonyl (C=O) groups excluding carboxylic acids is 1. The summed E-state index contributed by atoms with van der Waals surface area (Å²) in [5.41, 5.74) is 1.99. The fraction of sp³-hybridized carbons (Fsp3) is 0.300. The third-order valence-corrected chi connectivity index (χ3v) is 3.82. The van der Waals surface area contributed by atoms with Crippen LogP contribution in [-0.4, -0.2) is 9.02 Å². The molecular formula is C10H8Br2O. The van der Waals surface area contributed by atoms with Crippen molar-refractivity contribution in [2.75, 3.05) is 0 Å². The van der Waals surface area contributed by atoms with E-state index in [0.717, 1.165) is 24.0 Å². The van der Waals surface area contributed by atoms with Gasteiger partial charge in [0.15, 0.2) is 5.78 Å². The van der Waals surface area contributed by atoms with Crippen LogP contribution in [-0.2, 0) is 6.42 Å². The zero-order valence-corrected chi connectivity index (χ0v) is 10.1. The number of halogens is 2. The molecule has 0 saturated carbocycles. The summed E-state index contributed by atoms with van der Waals surface area (Å²) in [7, 11) is 0. The summed E-state index contributed by atoms with van der Waals surface area (Å²) in [4.78, 5) is 11.8. The summed E-state index contributed by atoms with van der Waals surface area (Å²) in [6.07, 6.45) is 1.75. The second-order valence-corrected chi connectivity index (χ2v) is 6.96. The molecule has 1 aliphatic rings. The normalized spacial score (nSPS) is 19.7. The summed E-state index contributed by atoms with van der Waals surface area (Å²) in [6.45, 7) is 0. The van der Waals surface area contributed by atoms with Gasteiger partial charge in [0.05, 0.1) is 0 Å². The Balaban J connectivity index is 2.52. The molecule has 0 N–H and O–H groups in total. The number of benzene rings is 1. The van der Waals surface area contributed by atoms with Crippen molar-refractivity contribution in [1.29, 1.82) is 0 Å². The molecule has 0 aromatic heterocycles. The Morgan fingerprint density at radius 1 is 1.23 bits per heavy atom. The summed E-state index contributed by atoms with van der Waals surface area (Å²) in [5, 5.41) is 0. The van der Waals surface area contributed by atoms with E-state index < -0.39 is 3.23 Å². The molecule has 68 valence electrons. The number of carbonyl (C=O) groups is 1. The van der Waals surface area contributed by atoms with Crippen molar-refractivity contribution in [3.63, 3.8) is 0 Å². The number of hydrogen-bond donors (Lipinski definition) is 0. The minimum absolute atomic E-state index is 0.134. The van der Waals surface area contributed by atoms with E-state index in [9.17, 15) is 4.79 Å². The molecule has 0 unspecified atom stereocenters. The average Bonchev–Trinajstić information content (AvgIpc) is 2.13. The van der Waals surface area contributed by atoms with Gasteiger partial charge in [-0.25, -0.2) is 0 Å². The zero-order chi connectivity index (χ0) is 9.47. The van der Waals surface area contributed by atoms with Crippen LogP contribution in [0.3, 0.4) is 0 Å². The highest BCUT2D eigenvalue weighted by atomic mass is 79.9. The van der Waals surface area contributed by atoms with Gasteiger partial charge in [0.2, 0.25) is 0 Å². The van der Waals surface area contributed by atoms with Gasteiger partial charge in [0.1, 0.15) is 3.23 Å². The highest BCUT2D eigenvalue weighted by Gasteiger charge is 2.37. The van der Waals surface area contributed by atoms with Crippen LogP contribution in [0.2, 0.25) is 0 Å². The second kappa shape index (κ2) is 3.21. The van der Waals surface area contributed by atoms with Gasteiger partial charge in [-0.15, -0.1) is 0 Å². The number of hydrogen-bond acceptors (Lipinski definition) is 1. The van der Waals surface area contributed by atoms with Gasteiger partial charge >= 0.3 is 0 Å². The number of rotatable bonds is 0. The lowest BCUT2D eigenvalue weighted by atomic mass is 9.91. The first kappa shape index (κ1) is 9.41. The van der Waals surface area contributed by atoms with Gasteiger partial charge in [-0.05, 0) is 18.4 Å². The maximum atomic E-state index is 11.8. The van der Waals surface area contributed by atoms with E-state index in [0.29, 0.717) is 0 Å². The topological polar surface area (TPSA) is 17.1 Å². The minimum Gasteiger partial charge on any atom is -0.292 e. The summed E-state index contributed by atoms with van der Waals surface area (Å²) < 4.78 is -0.533. The maximum Gasteiger partial charge on any atom is 0.190 e. The SMILES string of the molecule is O=C1c2ccccc2CCC1(Br)Br. The first-order valence-electron chi connectivity index (χ1n) is 4.12. The largest absolute Gasteiger partial charge is 0.292 e. The monoisotopic (exact) mass is 302 g/mol. The van der Waals surface area contributed by atoms with Crippen molar-refractivity contribution in [2.45, 2.75) is 16.1 Å². The first-order valence-corrected chi connectivity index (χ1v) is 5.70. The Kier molecular flexibility index (Phi) is 2.32. The van der Waals surface area contributed by atoms with Crippen LogP contribution < -0.4 is 0 Å². The Morgan fingerprint density at radius 2 is 1.92 bits per heavy atom. The molecule has 0 aliphatic heterocycles. The molecule has 1 aromatic rings. The lowest BCUT2D eigenvalue weighted by molar-refractivity contribution is 0.0972. The van der Waals surface area contributed by atoms with Crippen molar-refractivity contribution in [2.24, 2.45) is 0 Å². The Hall–Kier alpha value is -0.150. The Bertz CT molecular complexity index is 358. The van der Waals surface area contributed by atoms with Gasteiger partial charge in [0.25, 0.3) is 0 Å². The third-order valence-electron chi connectivity index (χ3n) is 2.30. The molecule has 0 spiro atoms. The predicted octanol–water partition coefficient (Wildman–Crippen LogP) is 3.30. The number of aryl methyl sites for hydroxylation is 1. The molecule has 0 fully saturated rings. The number of fused-ring (bicyclic) bond motifs is 1. The van der Waals surface area contributed by atoms with E-state index in [1.165, 1.54) is 0 Å². The van der Waals surface area contributed by atoms with Crippen LogP contribution in [0.5, 0.6) is 0 Å². The average molecular weight is 304 g/mol. The zero-order valence-electron chi connectivity index (χ0n) is 6.89. The molecule has 1 nitrogen and oxygen atoms in total. The fourth-order valence-electron chi connectivity index (χ4n) is 1.56. The Labute approximate surface area is 93.8 Å². The Morgan fingerprint density at radius 3 is 2.69 bits per heavy atom. The van der Waals surface area contributed by atoms with Gasteiger partial charge in [0, 0.05) is 5.56 Å².